The SMILES string of the molecule is CNC(=O)C(NC=O)C1CCNCC1. The van der Waals surface area contributed by atoms with Gasteiger partial charge < -0.3 is 16.0 Å². The van der Waals surface area contributed by atoms with E-state index in [-0.39, 0.29) is 17.9 Å². The second kappa shape index (κ2) is 5.59. The second-order valence-electron chi connectivity index (χ2n) is 3.46. The molecule has 0 bridgehead atoms. The van der Waals surface area contributed by atoms with Crippen molar-refractivity contribution < 1.29 is 9.59 Å². The number of piperidine rings is 1. The van der Waals surface area contributed by atoms with Gasteiger partial charge in [-0.3, -0.25) is 9.59 Å². The fraction of sp³-hybridized carbons (Fsp3) is 0.778. The van der Waals surface area contributed by atoms with Crippen LogP contribution in [-0.2, 0) is 9.59 Å². The van der Waals surface area contributed by atoms with Crippen molar-refractivity contribution in [1.82, 2.24) is 16.0 Å². The number of amides is 2. The Labute approximate surface area is 83.6 Å². The predicted octanol–water partition coefficient (Wildman–Crippen LogP) is -1.15. The number of likely N-dealkylation sites (N-methyl/N-ethyl adjacent to an activating group) is 1. The lowest BCUT2D eigenvalue weighted by Crippen LogP contribution is -2.50. The van der Waals surface area contributed by atoms with E-state index in [0.717, 1.165) is 25.9 Å². The number of nitrogens with one attached hydrogen (secondary N) is 3. The largest absolute Gasteiger partial charge is 0.357 e. The number of carbonyl (C=O) groups is 2. The van der Waals surface area contributed by atoms with Crippen molar-refractivity contribution >= 4 is 12.3 Å². The summed E-state index contributed by atoms with van der Waals surface area (Å²) in [5.41, 5.74) is 0. The Morgan fingerprint density at radius 1 is 1.50 bits per heavy atom. The highest BCUT2D eigenvalue weighted by Crippen LogP contribution is 2.16. The Balaban J connectivity index is 2.55. The predicted molar refractivity (Wildman–Crippen MR) is 52.6 cm³/mol. The lowest BCUT2D eigenvalue weighted by molar-refractivity contribution is -0.126. The first kappa shape index (κ1) is 11.0. The third kappa shape index (κ3) is 2.70. The van der Waals surface area contributed by atoms with Crippen molar-refractivity contribution in [2.75, 3.05) is 20.1 Å². The highest BCUT2D eigenvalue weighted by molar-refractivity contribution is 5.83. The van der Waals surface area contributed by atoms with Gasteiger partial charge in [-0.25, -0.2) is 0 Å². The number of carbonyl (C=O) groups excluding carboxylic acids is 2. The van der Waals surface area contributed by atoms with Crippen LogP contribution in [0.4, 0.5) is 0 Å². The van der Waals surface area contributed by atoms with E-state index < -0.39 is 0 Å². The topological polar surface area (TPSA) is 70.2 Å². The van der Waals surface area contributed by atoms with Gasteiger partial charge in [0.1, 0.15) is 6.04 Å². The molecule has 1 rings (SSSR count). The van der Waals surface area contributed by atoms with Crippen LogP contribution in [0.15, 0.2) is 0 Å². The molecule has 5 heteroatoms. The summed E-state index contributed by atoms with van der Waals surface area (Å²) in [6, 6.07) is -0.375. The van der Waals surface area contributed by atoms with Crippen molar-refractivity contribution in [2.45, 2.75) is 18.9 Å². The first-order valence-corrected chi connectivity index (χ1v) is 4.91. The normalized spacial score (nSPS) is 19.8. The van der Waals surface area contributed by atoms with Crippen molar-refractivity contribution in [1.29, 1.82) is 0 Å². The van der Waals surface area contributed by atoms with Crippen LogP contribution in [0, 0.1) is 5.92 Å². The number of hydrogen-bond donors (Lipinski definition) is 3. The highest BCUT2D eigenvalue weighted by Gasteiger charge is 2.28. The fourth-order valence-corrected chi connectivity index (χ4v) is 1.83. The van der Waals surface area contributed by atoms with Gasteiger partial charge in [0.15, 0.2) is 0 Å². The maximum Gasteiger partial charge on any atom is 0.242 e. The summed E-state index contributed by atoms with van der Waals surface area (Å²) in [6.45, 7) is 1.83. The van der Waals surface area contributed by atoms with Gasteiger partial charge in [-0.1, -0.05) is 0 Å². The van der Waals surface area contributed by atoms with Crippen LogP contribution in [-0.4, -0.2) is 38.5 Å². The molecule has 0 aromatic heterocycles. The first-order chi connectivity index (χ1) is 6.79. The molecule has 14 heavy (non-hydrogen) atoms. The third-order valence-electron chi connectivity index (χ3n) is 2.63. The molecule has 80 valence electrons. The minimum atomic E-state index is -0.375. The maximum absolute atomic E-state index is 11.4. The molecular weight excluding hydrogens is 182 g/mol. The number of hydrogen-bond acceptors (Lipinski definition) is 3. The van der Waals surface area contributed by atoms with E-state index >= 15 is 0 Å². The Kier molecular flexibility index (Phi) is 4.39. The van der Waals surface area contributed by atoms with E-state index in [0.29, 0.717) is 6.41 Å². The van der Waals surface area contributed by atoms with E-state index in [1.54, 1.807) is 7.05 Å². The summed E-state index contributed by atoms with van der Waals surface area (Å²) in [5, 5.41) is 8.37. The molecule has 1 saturated heterocycles. The Bertz CT molecular complexity index is 202. The van der Waals surface area contributed by atoms with Gasteiger partial charge in [-0.05, 0) is 31.8 Å². The molecule has 3 N–H and O–H groups in total. The minimum absolute atomic E-state index is 0.107. The van der Waals surface area contributed by atoms with Crippen molar-refractivity contribution in [3.05, 3.63) is 0 Å². The molecule has 1 unspecified atom stereocenters. The van der Waals surface area contributed by atoms with Gasteiger partial charge in [0.2, 0.25) is 12.3 Å². The smallest absolute Gasteiger partial charge is 0.242 e. The van der Waals surface area contributed by atoms with Crippen molar-refractivity contribution in [2.24, 2.45) is 5.92 Å². The maximum atomic E-state index is 11.4. The van der Waals surface area contributed by atoms with Crippen LogP contribution in [0.3, 0.4) is 0 Å². The van der Waals surface area contributed by atoms with Gasteiger partial charge in [0.05, 0.1) is 0 Å². The van der Waals surface area contributed by atoms with E-state index in [9.17, 15) is 9.59 Å². The van der Waals surface area contributed by atoms with Crippen molar-refractivity contribution in [3.8, 4) is 0 Å². The molecule has 0 saturated carbocycles. The average Bonchev–Trinajstić information content (AvgIpc) is 2.26. The van der Waals surface area contributed by atoms with E-state index in [2.05, 4.69) is 16.0 Å². The fourth-order valence-electron chi connectivity index (χ4n) is 1.83. The highest BCUT2D eigenvalue weighted by atomic mass is 16.2. The molecule has 5 nitrogen and oxygen atoms in total. The second-order valence-corrected chi connectivity index (χ2v) is 3.46. The molecule has 1 aliphatic heterocycles. The van der Waals surface area contributed by atoms with E-state index in [1.165, 1.54) is 0 Å². The lowest BCUT2D eigenvalue weighted by Gasteiger charge is -2.28. The molecule has 0 aromatic rings. The summed E-state index contributed by atoms with van der Waals surface area (Å²) < 4.78 is 0. The minimum Gasteiger partial charge on any atom is -0.357 e. The van der Waals surface area contributed by atoms with E-state index in [1.807, 2.05) is 0 Å². The molecule has 1 fully saturated rings. The molecule has 1 heterocycles. The Morgan fingerprint density at radius 3 is 2.64 bits per heavy atom. The van der Waals surface area contributed by atoms with E-state index in [4.69, 9.17) is 0 Å². The van der Waals surface area contributed by atoms with Crippen LogP contribution in [0.5, 0.6) is 0 Å². The lowest BCUT2D eigenvalue weighted by atomic mass is 9.90. The molecule has 1 aliphatic rings. The Morgan fingerprint density at radius 2 is 2.14 bits per heavy atom. The summed E-state index contributed by atoms with van der Waals surface area (Å²) in [5.74, 6) is 0.144. The summed E-state index contributed by atoms with van der Waals surface area (Å²) >= 11 is 0. The standard InChI is InChI=1S/C9H17N3O2/c1-10-9(14)8(12-6-13)7-2-4-11-5-3-7/h6-8,11H,2-5H2,1H3,(H,10,14)(H,12,13). The quantitative estimate of drug-likeness (QED) is 0.501. The number of rotatable bonds is 4. The van der Waals surface area contributed by atoms with Crippen LogP contribution in [0.1, 0.15) is 12.8 Å². The van der Waals surface area contributed by atoms with Crippen LogP contribution in [0.2, 0.25) is 0 Å². The monoisotopic (exact) mass is 199 g/mol. The van der Waals surface area contributed by atoms with Gasteiger partial charge in [0.25, 0.3) is 0 Å². The van der Waals surface area contributed by atoms with Crippen LogP contribution >= 0.6 is 0 Å². The molecule has 0 aromatic carbocycles. The third-order valence-corrected chi connectivity index (χ3v) is 2.63. The zero-order valence-electron chi connectivity index (χ0n) is 8.38. The average molecular weight is 199 g/mol. The van der Waals surface area contributed by atoms with Gasteiger partial charge >= 0.3 is 0 Å². The first-order valence-electron chi connectivity index (χ1n) is 4.91. The van der Waals surface area contributed by atoms with Gasteiger partial charge in [0, 0.05) is 7.05 Å². The van der Waals surface area contributed by atoms with Gasteiger partial charge in [-0.2, -0.15) is 0 Å². The molecule has 0 spiro atoms. The summed E-state index contributed by atoms with van der Waals surface area (Å²) in [6.07, 6.45) is 2.46. The van der Waals surface area contributed by atoms with Crippen LogP contribution < -0.4 is 16.0 Å². The summed E-state index contributed by atoms with van der Waals surface area (Å²) in [7, 11) is 1.59. The Hall–Kier alpha value is -1.10. The molecule has 0 radical (unpaired) electrons. The molecule has 2 amide bonds. The molecule has 1 atom stereocenters. The van der Waals surface area contributed by atoms with Crippen LogP contribution in [0.25, 0.3) is 0 Å². The summed E-state index contributed by atoms with van der Waals surface area (Å²) in [4.78, 5) is 21.8. The van der Waals surface area contributed by atoms with Gasteiger partial charge in [-0.15, -0.1) is 0 Å². The molecular formula is C9H17N3O2. The molecule has 0 aliphatic carbocycles. The zero-order chi connectivity index (χ0) is 10.4. The zero-order valence-corrected chi connectivity index (χ0v) is 8.38. The van der Waals surface area contributed by atoms with Crippen molar-refractivity contribution in [3.63, 3.8) is 0 Å².